The highest BCUT2D eigenvalue weighted by Crippen LogP contribution is 2.30. The second kappa shape index (κ2) is 4.43. The molecule has 78 valence electrons. The van der Waals surface area contributed by atoms with E-state index in [1.165, 1.54) is 0 Å². The Morgan fingerprint density at radius 1 is 1.54 bits per heavy atom. The van der Waals surface area contributed by atoms with Crippen LogP contribution in [0.4, 0.5) is 0 Å². The summed E-state index contributed by atoms with van der Waals surface area (Å²) in [6.07, 6.45) is 3.62. The maximum absolute atomic E-state index is 5.71. The van der Waals surface area contributed by atoms with E-state index in [1.54, 1.807) is 7.11 Å². The Bertz CT molecular complexity index is 156. The number of hydrogen-bond acceptors (Lipinski definition) is 2. The van der Waals surface area contributed by atoms with E-state index in [2.05, 4.69) is 20.8 Å². The van der Waals surface area contributed by atoms with E-state index in [-0.39, 0.29) is 5.60 Å². The van der Waals surface area contributed by atoms with E-state index in [1.807, 2.05) is 0 Å². The van der Waals surface area contributed by atoms with Crippen molar-refractivity contribution in [2.45, 2.75) is 51.7 Å². The van der Waals surface area contributed by atoms with Crippen molar-refractivity contribution >= 4 is 0 Å². The highest BCUT2D eigenvalue weighted by atomic mass is 16.5. The lowest BCUT2D eigenvalue weighted by Crippen LogP contribution is -2.40. The zero-order chi connectivity index (χ0) is 9.90. The lowest BCUT2D eigenvalue weighted by Gasteiger charge is -2.37. The van der Waals surface area contributed by atoms with Crippen molar-refractivity contribution in [3.63, 3.8) is 0 Å². The average molecular weight is 186 g/mol. The Labute approximate surface area is 81.6 Å². The smallest absolute Gasteiger partial charge is 0.0697 e. The van der Waals surface area contributed by atoms with Crippen LogP contribution in [-0.2, 0) is 9.47 Å². The molecule has 0 aromatic rings. The highest BCUT2D eigenvalue weighted by molar-refractivity contribution is 4.83. The topological polar surface area (TPSA) is 18.5 Å². The van der Waals surface area contributed by atoms with Gasteiger partial charge in [0.1, 0.15) is 0 Å². The van der Waals surface area contributed by atoms with Crippen molar-refractivity contribution in [2.75, 3.05) is 13.7 Å². The molecule has 0 spiro atoms. The molecule has 1 heterocycles. The second-order valence-corrected chi connectivity index (χ2v) is 4.73. The lowest BCUT2D eigenvalue weighted by atomic mass is 9.89. The molecule has 0 saturated carbocycles. The van der Waals surface area contributed by atoms with E-state index in [9.17, 15) is 0 Å². The summed E-state index contributed by atoms with van der Waals surface area (Å²) in [7, 11) is 1.80. The van der Waals surface area contributed by atoms with Gasteiger partial charge in [-0.1, -0.05) is 13.8 Å². The van der Waals surface area contributed by atoms with E-state index in [4.69, 9.17) is 9.47 Å². The fraction of sp³-hybridized carbons (Fsp3) is 1.00. The maximum Gasteiger partial charge on any atom is 0.0697 e. The molecule has 1 aliphatic rings. The predicted octanol–water partition coefficient (Wildman–Crippen LogP) is 2.62. The summed E-state index contributed by atoms with van der Waals surface area (Å²) < 4.78 is 11.2. The molecule has 0 N–H and O–H groups in total. The van der Waals surface area contributed by atoms with Crippen molar-refractivity contribution in [1.29, 1.82) is 0 Å². The van der Waals surface area contributed by atoms with Gasteiger partial charge in [-0.2, -0.15) is 0 Å². The minimum atomic E-state index is 0.0534. The number of rotatable bonds is 3. The van der Waals surface area contributed by atoms with Gasteiger partial charge in [-0.25, -0.2) is 0 Å². The van der Waals surface area contributed by atoms with Crippen LogP contribution in [0.1, 0.15) is 40.0 Å². The fourth-order valence-corrected chi connectivity index (χ4v) is 1.95. The zero-order valence-electron chi connectivity index (χ0n) is 9.30. The molecule has 2 nitrogen and oxygen atoms in total. The van der Waals surface area contributed by atoms with Crippen LogP contribution >= 0.6 is 0 Å². The van der Waals surface area contributed by atoms with Crippen molar-refractivity contribution in [2.24, 2.45) is 5.92 Å². The third-order valence-corrected chi connectivity index (χ3v) is 2.87. The number of methoxy groups -OCH3 is 1. The van der Waals surface area contributed by atoms with Crippen molar-refractivity contribution in [1.82, 2.24) is 0 Å². The zero-order valence-corrected chi connectivity index (χ0v) is 9.30. The van der Waals surface area contributed by atoms with Crippen LogP contribution in [0.5, 0.6) is 0 Å². The van der Waals surface area contributed by atoms with Crippen molar-refractivity contribution in [3.8, 4) is 0 Å². The summed E-state index contributed by atoms with van der Waals surface area (Å²) in [4.78, 5) is 0. The first kappa shape index (κ1) is 11.0. The molecule has 0 aliphatic carbocycles. The molecule has 1 rings (SSSR count). The molecular weight excluding hydrogens is 164 g/mol. The van der Waals surface area contributed by atoms with Gasteiger partial charge in [0.25, 0.3) is 0 Å². The van der Waals surface area contributed by atoms with Gasteiger partial charge < -0.3 is 9.47 Å². The third kappa shape index (κ3) is 3.28. The van der Waals surface area contributed by atoms with Crippen LogP contribution < -0.4 is 0 Å². The van der Waals surface area contributed by atoms with Crippen LogP contribution in [0, 0.1) is 5.92 Å². The highest BCUT2D eigenvalue weighted by Gasteiger charge is 2.32. The van der Waals surface area contributed by atoms with Gasteiger partial charge in [-0.15, -0.1) is 0 Å². The van der Waals surface area contributed by atoms with Gasteiger partial charge in [-0.05, 0) is 25.7 Å². The molecule has 13 heavy (non-hydrogen) atoms. The normalized spacial score (nSPS) is 35.3. The van der Waals surface area contributed by atoms with E-state index in [0.29, 0.717) is 12.0 Å². The molecule has 0 aromatic heterocycles. The summed E-state index contributed by atoms with van der Waals surface area (Å²) in [5, 5.41) is 0. The molecule has 1 saturated heterocycles. The largest absolute Gasteiger partial charge is 0.378 e. The quantitative estimate of drug-likeness (QED) is 0.674. The Morgan fingerprint density at radius 2 is 2.23 bits per heavy atom. The Hall–Kier alpha value is -0.0800. The lowest BCUT2D eigenvalue weighted by molar-refractivity contribution is -0.117. The second-order valence-electron chi connectivity index (χ2n) is 4.73. The summed E-state index contributed by atoms with van der Waals surface area (Å²) in [6.45, 7) is 7.51. The van der Waals surface area contributed by atoms with Crippen molar-refractivity contribution in [3.05, 3.63) is 0 Å². The molecule has 0 aromatic carbocycles. The molecule has 0 bridgehead atoms. The Kier molecular flexibility index (Phi) is 3.74. The molecule has 0 radical (unpaired) electrons. The minimum absolute atomic E-state index is 0.0534. The minimum Gasteiger partial charge on any atom is -0.378 e. The standard InChI is InChI=1S/C11H22O2/c1-9(2)7-10-8-11(3,12-4)5-6-13-10/h9-10H,5-8H2,1-4H3. The SMILES string of the molecule is COC1(C)CCOC(CC(C)C)C1. The number of hydrogen-bond donors (Lipinski definition) is 0. The van der Waals surface area contributed by atoms with Gasteiger partial charge in [-0.3, -0.25) is 0 Å². The monoisotopic (exact) mass is 186 g/mol. The Balaban J connectivity index is 2.42. The molecule has 2 atom stereocenters. The fourth-order valence-electron chi connectivity index (χ4n) is 1.95. The van der Waals surface area contributed by atoms with Crippen LogP contribution in [0.3, 0.4) is 0 Å². The van der Waals surface area contributed by atoms with Gasteiger partial charge >= 0.3 is 0 Å². The molecule has 1 fully saturated rings. The maximum atomic E-state index is 5.71. The first-order chi connectivity index (χ1) is 6.06. The molecule has 1 aliphatic heterocycles. The van der Waals surface area contributed by atoms with Crippen molar-refractivity contribution < 1.29 is 9.47 Å². The molecule has 0 amide bonds. The summed E-state index contributed by atoms with van der Waals surface area (Å²) in [5.41, 5.74) is 0.0534. The summed E-state index contributed by atoms with van der Waals surface area (Å²) in [5.74, 6) is 0.712. The number of ether oxygens (including phenoxy) is 2. The van der Waals surface area contributed by atoms with Crippen LogP contribution in [0.15, 0.2) is 0 Å². The first-order valence-electron chi connectivity index (χ1n) is 5.22. The van der Waals surface area contributed by atoms with Crippen LogP contribution in [0.2, 0.25) is 0 Å². The van der Waals surface area contributed by atoms with Gasteiger partial charge in [0.15, 0.2) is 0 Å². The molecule has 2 heteroatoms. The molecular formula is C11H22O2. The molecule has 2 unspecified atom stereocenters. The van der Waals surface area contributed by atoms with Gasteiger partial charge in [0.05, 0.1) is 11.7 Å². The summed E-state index contributed by atoms with van der Waals surface area (Å²) >= 11 is 0. The van der Waals surface area contributed by atoms with Crippen LogP contribution in [-0.4, -0.2) is 25.4 Å². The Morgan fingerprint density at radius 3 is 2.77 bits per heavy atom. The van der Waals surface area contributed by atoms with E-state index >= 15 is 0 Å². The van der Waals surface area contributed by atoms with Crippen LogP contribution in [0.25, 0.3) is 0 Å². The van der Waals surface area contributed by atoms with Gasteiger partial charge in [0, 0.05) is 20.1 Å². The van der Waals surface area contributed by atoms with E-state index in [0.717, 1.165) is 25.9 Å². The average Bonchev–Trinajstić information content (AvgIpc) is 2.03. The van der Waals surface area contributed by atoms with Gasteiger partial charge in [0.2, 0.25) is 0 Å². The first-order valence-corrected chi connectivity index (χ1v) is 5.22. The van der Waals surface area contributed by atoms with E-state index < -0.39 is 0 Å². The predicted molar refractivity (Wildman–Crippen MR) is 53.8 cm³/mol. The third-order valence-electron chi connectivity index (χ3n) is 2.87. The summed E-state index contributed by atoms with van der Waals surface area (Å²) in [6, 6.07) is 0.